The Kier molecular flexibility index (Phi) is 4.13. The van der Waals surface area contributed by atoms with Crippen molar-refractivity contribution in [1.29, 1.82) is 0 Å². The fourth-order valence-corrected chi connectivity index (χ4v) is 2.80. The SMILES string of the molecule is C/C=C/[C@H]1CCC[C@@H]1CC(=O)c1ccccc1. The molecule has 1 aromatic carbocycles. The standard InChI is InChI=1S/C16H20O/c1-2-7-13-10-6-11-15(13)12-16(17)14-8-4-3-5-9-14/h2-5,7-9,13,15H,6,10-12H2,1H3/b7-2+/t13-,15+/m0/s1. The van der Waals surface area contributed by atoms with Crippen LogP contribution in [0.15, 0.2) is 42.5 Å². The maximum absolute atomic E-state index is 12.1. The number of benzene rings is 1. The molecule has 1 nitrogen and oxygen atoms in total. The smallest absolute Gasteiger partial charge is 0.163 e. The normalized spacial score (nSPS) is 24.3. The molecule has 1 aliphatic rings. The first-order valence-electron chi connectivity index (χ1n) is 6.52. The molecule has 2 atom stereocenters. The minimum absolute atomic E-state index is 0.298. The molecule has 0 saturated heterocycles. The first-order valence-corrected chi connectivity index (χ1v) is 6.52. The zero-order valence-electron chi connectivity index (χ0n) is 10.4. The van der Waals surface area contributed by atoms with Gasteiger partial charge in [0, 0.05) is 12.0 Å². The Morgan fingerprint density at radius 1 is 1.29 bits per heavy atom. The van der Waals surface area contributed by atoms with Gasteiger partial charge in [0.2, 0.25) is 0 Å². The first kappa shape index (κ1) is 12.1. The Morgan fingerprint density at radius 3 is 2.76 bits per heavy atom. The van der Waals surface area contributed by atoms with Crippen LogP contribution in [0, 0.1) is 11.8 Å². The summed E-state index contributed by atoms with van der Waals surface area (Å²) in [6, 6.07) is 9.66. The molecule has 1 aromatic rings. The Labute approximate surface area is 104 Å². The zero-order chi connectivity index (χ0) is 12.1. The van der Waals surface area contributed by atoms with Gasteiger partial charge in [-0.1, -0.05) is 48.9 Å². The molecule has 0 amide bonds. The summed E-state index contributed by atoms with van der Waals surface area (Å²) in [7, 11) is 0. The second kappa shape index (κ2) is 5.81. The quantitative estimate of drug-likeness (QED) is 0.556. The summed E-state index contributed by atoms with van der Waals surface area (Å²) >= 11 is 0. The predicted octanol–water partition coefficient (Wildman–Crippen LogP) is 4.25. The number of hydrogen-bond acceptors (Lipinski definition) is 1. The molecule has 0 N–H and O–H groups in total. The van der Waals surface area contributed by atoms with Gasteiger partial charge >= 0.3 is 0 Å². The topological polar surface area (TPSA) is 17.1 Å². The highest BCUT2D eigenvalue weighted by Gasteiger charge is 2.27. The third-order valence-electron chi connectivity index (χ3n) is 3.70. The van der Waals surface area contributed by atoms with E-state index >= 15 is 0 Å². The summed E-state index contributed by atoms with van der Waals surface area (Å²) in [4.78, 5) is 12.1. The number of carbonyl (C=O) groups is 1. The van der Waals surface area contributed by atoms with Crippen molar-refractivity contribution in [3.63, 3.8) is 0 Å². The van der Waals surface area contributed by atoms with E-state index in [2.05, 4.69) is 19.1 Å². The Hall–Kier alpha value is -1.37. The number of hydrogen-bond donors (Lipinski definition) is 0. The van der Waals surface area contributed by atoms with Crippen LogP contribution in [0.2, 0.25) is 0 Å². The van der Waals surface area contributed by atoms with Crippen LogP contribution in [-0.2, 0) is 0 Å². The van der Waals surface area contributed by atoms with Gasteiger partial charge in [0.25, 0.3) is 0 Å². The third kappa shape index (κ3) is 3.06. The van der Waals surface area contributed by atoms with Crippen molar-refractivity contribution in [3.05, 3.63) is 48.0 Å². The van der Waals surface area contributed by atoms with Gasteiger partial charge in [0.15, 0.2) is 5.78 Å². The highest BCUT2D eigenvalue weighted by molar-refractivity contribution is 5.96. The van der Waals surface area contributed by atoms with Gasteiger partial charge in [-0.05, 0) is 31.6 Å². The van der Waals surface area contributed by atoms with Crippen molar-refractivity contribution >= 4 is 5.78 Å². The molecule has 0 aliphatic heterocycles. The number of allylic oxidation sites excluding steroid dienone is 2. The van der Waals surface area contributed by atoms with E-state index in [1.807, 2.05) is 30.3 Å². The van der Waals surface area contributed by atoms with Crippen molar-refractivity contribution < 1.29 is 4.79 Å². The Balaban J connectivity index is 1.99. The lowest BCUT2D eigenvalue weighted by Crippen LogP contribution is -2.11. The lowest BCUT2D eigenvalue weighted by Gasteiger charge is -2.15. The molecule has 90 valence electrons. The average molecular weight is 228 g/mol. The Bertz CT molecular complexity index is 391. The van der Waals surface area contributed by atoms with Crippen molar-refractivity contribution in [3.8, 4) is 0 Å². The predicted molar refractivity (Wildman–Crippen MR) is 71.0 cm³/mol. The molecular weight excluding hydrogens is 208 g/mol. The van der Waals surface area contributed by atoms with E-state index in [1.54, 1.807) is 0 Å². The van der Waals surface area contributed by atoms with E-state index in [-0.39, 0.29) is 0 Å². The third-order valence-corrected chi connectivity index (χ3v) is 3.70. The lowest BCUT2D eigenvalue weighted by atomic mass is 9.89. The molecule has 2 rings (SSSR count). The highest BCUT2D eigenvalue weighted by atomic mass is 16.1. The molecule has 0 bridgehead atoms. The fraction of sp³-hybridized carbons (Fsp3) is 0.438. The van der Waals surface area contributed by atoms with Crippen LogP contribution in [0.1, 0.15) is 43.0 Å². The number of carbonyl (C=O) groups excluding carboxylic acids is 1. The van der Waals surface area contributed by atoms with Crippen molar-refractivity contribution in [2.24, 2.45) is 11.8 Å². The molecule has 0 heterocycles. The van der Waals surface area contributed by atoms with Crippen LogP contribution in [-0.4, -0.2) is 5.78 Å². The van der Waals surface area contributed by atoms with Gasteiger partial charge in [-0.25, -0.2) is 0 Å². The second-order valence-electron chi connectivity index (χ2n) is 4.87. The van der Waals surface area contributed by atoms with Crippen LogP contribution in [0.4, 0.5) is 0 Å². The molecule has 17 heavy (non-hydrogen) atoms. The highest BCUT2D eigenvalue weighted by Crippen LogP contribution is 2.35. The lowest BCUT2D eigenvalue weighted by molar-refractivity contribution is 0.0955. The minimum Gasteiger partial charge on any atom is -0.294 e. The van der Waals surface area contributed by atoms with E-state index in [1.165, 1.54) is 19.3 Å². The van der Waals surface area contributed by atoms with Gasteiger partial charge in [-0.15, -0.1) is 0 Å². The van der Waals surface area contributed by atoms with Crippen LogP contribution < -0.4 is 0 Å². The summed E-state index contributed by atoms with van der Waals surface area (Å²) in [6.07, 6.45) is 8.82. The van der Waals surface area contributed by atoms with Gasteiger partial charge in [-0.2, -0.15) is 0 Å². The van der Waals surface area contributed by atoms with Crippen molar-refractivity contribution in [2.75, 3.05) is 0 Å². The average Bonchev–Trinajstić information content (AvgIpc) is 2.78. The molecule has 1 aliphatic carbocycles. The van der Waals surface area contributed by atoms with E-state index in [0.29, 0.717) is 24.0 Å². The van der Waals surface area contributed by atoms with Crippen molar-refractivity contribution in [2.45, 2.75) is 32.6 Å². The van der Waals surface area contributed by atoms with Crippen LogP contribution in [0.3, 0.4) is 0 Å². The number of rotatable bonds is 4. The molecule has 0 spiro atoms. The zero-order valence-corrected chi connectivity index (χ0v) is 10.4. The summed E-state index contributed by atoms with van der Waals surface area (Å²) in [5.74, 6) is 1.47. The Morgan fingerprint density at radius 2 is 2.06 bits per heavy atom. The summed E-state index contributed by atoms with van der Waals surface area (Å²) in [5.41, 5.74) is 0.860. The minimum atomic E-state index is 0.298. The van der Waals surface area contributed by atoms with E-state index in [0.717, 1.165) is 5.56 Å². The van der Waals surface area contributed by atoms with Crippen LogP contribution in [0.5, 0.6) is 0 Å². The summed E-state index contributed by atoms with van der Waals surface area (Å²) in [5, 5.41) is 0. The van der Waals surface area contributed by atoms with Crippen molar-refractivity contribution in [1.82, 2.24) is 0 Å². The fourth-order valence-electron chi connectivity index (χ4n) is 2.80. The molecule has 0 radical (unpaired) electrons. The van der Waals surface area contributed by atoms with Gasteiger partial charge in [-0.3, -0.25) is 4.79 Å². The second-order valence-corrected chi connectivity index (χ2v) is 4.87. The van der Waals surface area contributed by atoms with E-state index in [4.69, 9.17) is 0 Å². The maximum Gasteiger partial charge on any atom is 0.163 e. The monoisotopic (exact) mass is 228 g/mol. The first-order chi connectivity index (χ1) is 8.31. The molecule has 1 fully saturated rings. The van der Waals surface area contributed by atoms with Crippen LogP contribution >= 0.6 is 0 Å². The molecular formula is C16H20O. The number of Topliss-reactive ketones (excluding diaryl/α,β-unsaturated/α-hetero) is 1. The summed E-state index contributed by atoms with van der Waals surface area (Å²) in [6.45, 7) is 2.06. The van der Waals surface area contributed by atoms with Gasteiger partial charge in [0.05, 0.1) is 0 Å². The van der Waals surface area contributed by atoms with E-state index < -0.39 is 0 Å². The van der Waals surface area contributed by atoms with Crippen LogP contribution in [0.25, 0.3) is 0 Å². The summed E-state index contributed by atoms with van der Waals surface area (Å²) < 4.78 is 0. The molecule has 0 aromatic heterocycles. The maximum atomic E-state index is 12.1. The van der Waals surface area contributed by atoms with E-state index in [9.17, 15) is 4.79 Å². The molecule has 0 unspecified atom stereocenters. The van der Waals surface area contributed by atoms with Gasteiger partial charge < -0.3 is 0 Å². The molecule has 1 heteroatoms. The van der Waals surface area contributed by atoms with Gasteiger partial charge in [0.1, 0.15) is 0 Å². The largest absolute Gasteiger partial charge is 0.294 e. The number of ketones is 1. The molecule has 1 saturated carbocycles.